The fraction of sp³-hybridized carbons (Fsp3) is 0.590. The smallest absolute Gasteiger partial charge is 0.408 e. The molecule has 3 heterocycles. The molecule has 2 unspecified atom stereocenters. The number of fused-ring (bicyclic) bond motifs is 2. The van der Waals surface area contributed by atoms with Crippen molar-refractivity contribution < 1.29 is 42.9 Å². The lowest BCUT2D eigenvalue weighted by Crippen LogP contribution is -2.59. The Bertz CT molecular complexity index is 1990. The molecule has 4 fully saturated rings. The summed E-state index contributed by atoms with van der Waals surface area (Å²) in [4.78, 5) is 66.0. The van der Waals surface area contributed by atoms with Gasteiger partial charge in [0.15, 0.2) is 0 Å². The second kappa shape index (κ2) is 14.9. The fourth-order valence-electron chi connectivity index (χ4n) is 8.25. The normalized spacial score (nSPS) is 27.2. The van der Waals surface area contributed by atoms with Gasteiger partial charge in [0, 0.05) is 23.3 Å². The van der Waals surface area contributed by atoms with Gasteiger partial charge in [-0.25, -0.2) is 19.6 Å². The van der Waals surface area contributed by atoms with E-state index in [9.17, 15) is 19.2 Å². The van der Waals surface area contributed by atoms with Crippen molar-refractivity contribution in [1.29, 1.82) is 0 Å². The van der Waals surface area contributed by atoms with Crippen molar-refractivity contribution in [2.45, 2.75) is 96.1 Å². The van der Waals surface area contributed by atoms with Crippen LogP contribution < -0.4 is 24.8 Å². The Balaban J connectivity index is 1.20. The molecule has 1 aliphatic heterocycles. The first-order valence-corrected chi connectivity index (χ1v) is 20.0. The number of carbonyl (C=O) groups is 4. The van der Waals surface area contributed by atoms with Gasteiger partial charge in [-0.15, -0.1) is 0 Å². The minimum absolute atomic E-state index is 0.00219. The molecule has 3 saturated carbocycles. The number of pyridine rings is 1. The lowest BCUT2D eigenvalue weighted by molar-refractivity contribution is -0.148. The van der Waals surface area contributed by atoms with Crippen molar-refractivity contribution in [3.63, 3.8) is 0 Å². The van der Waals surface area contributed by atoms with E-state index in [0.717, 1.165) is 12.8 Å². The van der Waals surface area contributed by atoms with Crippen LogP contribution in [0.25, 0.3) is 22.3 Å². The Kier molecular flexibility index (Phi) is 10.6. The van der Waals surface area contributed by atoms with E-state index in [1.165, 1.54) is 44.0 Å². The number of likely N-dealkylation sites (tertiary alicyclic amines) is 1. The van der Waals surface area contributed by atoms with Crippen LogP contribution in [-0.4, -0.2) is 96.4 Å². The summed E-state index contributed by atoms with van der Waals surface area (Å²) in [6.07, 6.45) is 2.48. The van der Waals surface area contributed by atoms with Crippen molar-refractivity contribution in [1.82, 2.24) is 25.5 Å². The lowest BCUT2D eigenvalue weighted by Gasteiger charge is -2.35. The number of carbonyl (C=O) groups excluding carboxylic acids is 4. The van der Waals surface area contributed by atoms with Crippen LogP contribution in [0.2, 0.25) is 5.02 Å². The van der Waals surface area contributed by atoms with E-state index in [1.807, 2.05) is 27.7 Å². The second-order valence-electron chi connectivity index (χ2n) is 16.1. The van der Waals surface area contributed by atoms with Crippen molar-refractivity contribution in [2.24, 2.45) is 23.2 Å². The van der Waals surface area contributed by atoms with Gasteiger partial charge < -0.3 is 39.2 Å². The number of nitrogens with zero attached hydrogens (tertiary/aromatic N) is 3. The highest BCUT2D eigenvalue weighted by Crippen LogP contribution is 2.52. The molecule has 296 valence electrons. The second-order valence-corrected chi connectivity index (χ2v) is 17.3. The number of thiazole rings is 1. The van der Waals surface area contributed by atoms with Crippen LogP contribution in [0.4, 0.5) is 4.79 Å². The summed E-state index contributed by atoms with van der Waals surface area (Å²) < 4.78 is 28.4. The molecule has 4 aliphatic rings. The number of aromatic nitrogens is 2. The van der Waals surface area contributed by atoms with Gasteiger partial charge in [0.1, 0.15) is 52.0 Å². The summed E-state index contributed by atoms with van der Waals surface area (Å²) in [6, 6.07) is 3.16. The highest BCUT2D eigenvalue weighted by atomic mass is 35.5. The third-order valence-corrected chi connectivity index (χ3v) is 12.6. The SMILES string of the molecule is CC[C@@H]1C[C@]1(NC(=O)[C@@H]1C[C@@H](Oc2cc(-c3csc(OC)n3)nc3c(Cl)c(OC)ccc23)CN1C(=O)C(NC(=O)OC1C[C@@H]2C[C@@H]2C1)C(C)(C)C)C(=O)OC. The third-order valence-electron chi connectivity index (χ3n) is 11.5. The summed E-state index contributed by atoms with van der Waals surface area (Å²) in [6.45, 7) is 7.48. The van der Waals surface area contributed by atoms with Crippen molar-refractivity contribution >= 4 is 57.7 Å². The summed E-state index contributed by atoms with van der Waals surface area (Å²) in [5, 5.41) is 8.91. The summed E-state index contributed by atoms with van der Waals surface area (Å²) in [7, 11) is 4.34. The molecule has 1 saturated heterocycles. The molecule has 55 heavy (non-hydrogen) atoms. The zero-order valence-corrected chi connectivity index (χ0v) is 33.7. The molecule has 8 atom stereocenters. The zero-order chi connectivity index (χ0) is 39.4. The summed E-state index contributed by atoms with van der Waals surface area (Å²) in [5.74, 6) is 0.436. The van der Waals surface area contributed by atoms with Gasteiger partial charge in [0.2, 0.25) is 11.8 Å². The average molecular weight is 798 g/mol. The van der Waals surface area contributed by atoms with Gasteiger partial charge in [-0.2, -0.15) is 0 Å². The molecule has 2 aromatic heterocycles. The number of methoxy groups -OCH3 is 3. The largest absolute Gasteiger partial charge is 0.495 e. The molecule has 7 rings (SSSR count). The molecule has 3 aromatic rings. The highest BCUT2D eigenvalue weighted by molar-refractivity contribution is 7.11. The van der Waals surface area contributed by atoms with E-state index in [0.29, 0.717) is 63.7 Å². The fourth-order valence-corrected chi connectivity index (χ4v) is 9.17. The Labute approximate surface area is 328 Å². The number of hydrogen-bond donors (Lipinski definition) is 2. The molecule has 14 nitrogen and oxygen atoms in total. The van der Waals surface area contributed by atoms with Crippen molar-refractivity contribution in [3.8, 4) is 28.1 Å². The Hall–Kier alpha value is -4.37. The molecule has 2 N–H and O–H groups in total. The molecular formula is C39H48ClN5O9S. The van der Waals surface area contributed by atoms with Crippen LogP contribution in [0.15, 0.2) is 23.6 Å². The number of esters is 1. The van der Waals surface area contributed by atoms with E-state index < -0.39 is 53.0 Å². The number of ether oxygens (including phenoxy) is 5. The van der Waals surface area contributed by atoms with Crippen molar-refractivity contribution in [2.75, 3.05) is 27.9 Å². The topological polar surface area (TPSA) is 168 Å². The molecule has 0 spiro atoms. The third kappa shape index (κ3) is 7.61. The molecular weight excluding hydrogens is 750 g/mol. The number of amides is 3. The average Bonchev–Trinajstić information content (AvgIpc) is 3.80. The molecule has 0 bridgehead atoms. The quantitative estimate of drug-likeness (QED) is 0.214. The molecule has 16 heteroatoms. The van der Waals surface area contributed by atoms with Gasteiger partial charge in [0.05, 0.1) is 39.1 Å². The number of benzene rings is 1. The number of halogens is 1. The first-order chi connectivity index (χ1) is 26.2. The van der Waals surface area contributed by atoms with Crippen LogP contribution in [0.3, 0.4) is 0 Å². The number of nitrogens with one attached hydrogen (secondary N) is 2. The van der Waals surface area contributed by atoms with E-state index >= 15 is 0 Å². The Morgan fingerprint density at radius 2 is 1.75 bits per heavy atom. The van der Waals surface area contributed by atoms with Crippen LogP contribution in [0.1, 0.15) is 66.2 Å². The first kappa shape index (κ1) is 38.9. The van der Waals surface area contributed by atoms with Gasteiger partial charge in [-0.1, -0.05) is 57.1 Å². The highest BCUT2D eigenvalue weighted by Gasteiger charge is 2.62. The van der Waals surface area contributed by atoms with Gasteiger partial charge in [-0.3, -0.25) is 9.59 Å². The minimum Gasteiger partial charge on any atom is -0.495 e. The predicted octanol–water partition coefficient (Wildman–Crippen LogP) is 5.77. The first-order valence-electron chi connectivity index (χ1n) is 18.7. The summed E-state index contributed by atoms with van der Waals surface area (Å²) >= 11 is 8.10. The zero-order valence-electron chi connectivity index (χ0n) is 32.1. The van der Waals surface area contributed by atoms with Crippen LogP contribution in [-0.2, 0) is 23.9 Å². The number of hydrogen-bond acceptors (Lipinski definition) is 12. The molecule has 3 amide bonds. The van der Waals surface area contributed by atoms with Crippen LogP contribution in [0.5, 0.6) is 16.7 Å². The maximum absolute atomic E-state index is 14.7. The van der Waals surface area contributed by atoms with E-state index in [1.54, 1.807) is 23.6 Å². The van der Waals surface area contributed by atoms with E-state index in [-0.39, 0.29) is 30.0 Å². The molecule has 1 aromatic carbocycles. The monoisotopic (exact) mass is 797 g/mol. The van der Waals surface area contributed by atoms with Crippen molar-refractivity contribution in [3.05, 3.63) is 28.6 Å². The number of alkyl carbamates (subject to hydrolysis) is 1. The van der Waals surface area contributed by atoms with Gasteiger partial charge in [0.25, 0.3) is 5.19 Å². The van der Waals surface area contributed by atoms with E-state index in [2.05, 4.69) is 15.6 Å². The maximum Gasteiger partial charge on any atom is 0.408 e. The molecule has 0 radical (unpaired) electrons. The Morgan fingerprint density at radius 3 is 2.36 bits per heavy atom. The predicted molar refractivity (Wildman–Crippen MR) is 204 cm³/mol. The minimum atomic E-state index is -1.18. The number of rotatable bonds is 12. The standard InChI is InChI=1S/C39H48ClN5O9S/c1-8-21-16-39(21,35(48)51-6)44-33(46)27-14-23(17-45(27)34(47)32(38(2,3)4)43-36(49)54-22-12-19-11-20(19)13-22)53-29-15-25(26-18-55-37(42-26)52-7)41-31-24(29)9-10-28(50-5)30(31)40/h9-10,15,18-23,27,32H,8,11-14,16-17H2,1-7H3,(H,43,49)(H,44,46)/t19-,20+,21-,22?,23-,27+,32?,39-/m1/s1. The molecule has 3 aliphatic carbocycles. The maximum atomic E-state index is 14.7. The Morgan fingerprint density at radius 1 is 1.00 bits per heavy atom. The van der Waals surface area contributed by atoms with Crippen LogP contribution in [0, 0.1) is 23.2 Å². The van der Waals surface area contributed by atoms with E-state index in [4.69, 9.17) is 40.3 Å². The van der Waals surface area contributed by atoms with Crippen LogP contribution >= 0.6 is 22.9 Å². The van der Waals surface area contributed by atoms with Gasteiger partial charge in [-0.05, 0) is 61.0 Å². The summed E-state index contributed by atoms with van der Waals surface area (Å²) in [5.41, 5.74) is -0.521. The van der Waals surface area contributed by atoms with Gasteiger partial charge >= 0.3 is 12.1 Å². The lowest BCUT2D eigenvalue weighted by atomic mass is 9.85.